The number of amides is 1. The maximum Gasteiger partial charge on any atom is 0.220 e. The Morgan fingerprint density at radius 1 is 0.906 bits per heavy atom. The average Bonchev–Trinajstić information content (AvgIpc) is 2.82. The quantitative estimate of drug-likeness (QED) is 0.233. The molecule has 32 heavy (non-hydrogen) atoms. The fourth-order valence-electron chi connectivity index (χ4n) is 3.48. The molecule has 1 amide bonds. The maximum absolute atomic E-state index is 12.1. The highest BCUT2D eigenvalue weighted by molar-refractivity contribution is 5.75. The Hall–Kier alpha value is -1.95. The van der Waals surface area contributed by atoms with Gasteiger partial charge in [0.2, 0.25) is 5.91 Å². The summed E-state index contributed by atoms with van der Waals surface area (Å²) in [4.78, 5) is 14.4. The normalized spacial score (nSPS) is 16.9. The van der Waals surface area contributed by atoms with Crippen molar-refractivity contribution in [2.24, 2.45) is 5.73 Å². The molecule has 0 aliphatic carbocycles. The molecule has 1 saturated heterocycles. The molecule has 1 unspecified atom stereocenters. The molecule has 0 radical (unpaired) electrons. The summed E-state index contributed by atoms with van der Waals surface area (Å²) in [6.45, 7) is 7.39. The van der Waals surface area contributed by atoms with E-state index >= 15 is 0 Å². The lowest BCUT2D eigenvalue weighted by atomic mass is 10.2. The molecule has 1 rings (SSSR count). The van der Waals surface area contributed by atoms with Crippen molar-refractivity contribution in [2.75, 3.05) is 39.3 Å². The van der Waals surface area contributed by atoms with Crippen LogP contribution in [0.2, 0.25) is 0 Å². The predicted octanol–water partition coefficient (Wildman–Crippen LogP) is 4.26. The highest BCUT2D eigenvalue weighted by Gasteiger charge is 2.19. The van der Waals surface area contributed by atoms with Crippen LogP contribution in [0.1, 0.15) is 58.3 Å². The topological polar surface area (TPSA) is 70.4 Å². The van der Waals surface area contributed by atoms with Crippen LogP contribution in [0.4, 0.5) is 0 Å². The Morgan fingerprint density at radius 3 is 1.97 bits per heavy atom. The molecule has 0 saturated carbocycles. The van der Waals surface area contributed by atoms with Crippen LogP contribution in [0.25, 0.3) is 0 Å². The van der Waals surface area contributed by atoms with E-state index in [2.05, 4.69) is 83.2 Å². The van der Waals surface area contributed by atoms with Crippen molar-refractivity contribution in [2.45, 2.75) is 64.3 Å². The molecule has 5 nitrogen and oxygen atoms in total. The van der Waals surface area contributed by atoms with Gasteiger partial charge in [-0.25, -0.2) is 0 Å². The van der Waals surface area contributed by atoms with Crippen LogP contribution in [-0.2, 0) is 4.79 Å². The van der Waals surface area contributed by atoms with E-state index in [4.69, 9.17) is 5.73 Å². The monoisotopic (exact) mass is 442 g/mol. The van der Waals surface area contributed by atoms with Crippen LogP contribution < -0.4 is 16.4 Å². The van der Waals surface area contributed by atoms with E-state index in [1.54, 1.807) is 0 Å². The van der Waals surface area contributed by atoms with Crippen LogP contribution in [0.5, 0.6) is 0 Å². The summed E-state index contributed by atoms with van der Waals surface area (Å²) in [6.07, 6.45) is 29.5. The third kappa shape index (κ3) is 15.8. The number of carbonyl (C=O) groups excluding carboxylic acids is 1. The van der Waals surface area contributed by atoms with Gasteiger partial charge in [-0.3, -0.25) is 9.69 Å². The lowest BCUT2D eigenvalue weighted by Crippen LogP contribution is -2.54. The second-order valence-electron chi connectivity index (χ2n) is 8.08. The Labute approximate surface area is 196 Å². The SMILES string of the molecule is CCC=CCC=CCC=CCC=CCC=CCCCC(=O)NCC(CN)N1CCNCC1. The number of unbranched alkanes of at least 4 members (excludes halogenated alkanes) is 1. The molecule has 1 heterocycles. The number of allylic oxidation sites excluding steroid dienone is 10. The molecule has 180 valence electrons. The molecule has 0 aromatic carbocycles. The summed E-state index contributed by atoms with van der Waals surface area (Å²) in [7, 11) is 0. The number of hydrogen-bond donors (Lipinski definition) is 3. The zero-order valence-corrected chi connectivity index (χ0v) is 20.2. The van der Waals surface area contributed by atoms with Crippen LogP contribution in [0.15, 0.2) is 60.8 Å². The minimum atomic E-state index is 0.130. The molecule has 0 spiro atoms. The third-order valence-corrected chi connectivity index (χ3v) is 5.41. The number of carbonyl (C=O) groups is 1. The van der Waals surface area contributed by atoms with Crippen molar-refractivity contribution in [3.63, 3.8) is 0 Å². The van der Waals surface area contributed by atoms with Gasteiger partial charge in [0.15, 0.2) is 0 Å². The Bertz CT molecular complexity index is 601. The van der Waals surface area contributed by atoms with Crippen LogP contribution in [0, 0.1) is 0 Å². The molecule has 4 N–H and O–H groups in total. The van der Waals surface area contributed by atoms with Gasteiger partial charge < -0.3 is 16.4 Å². The smallest absolute Gasteiger partial charge is 0.220 e. The predicted molar refractivity (Wildman–Crippen MR) is 139 cm³/mol. The van der Waals surface area contributed by atoms with Gasteiger partial charge in [-0.15, -0.1) is 0 Å². The van der Waals surface area contributed by atoms with Crippen molar-refractivity contribution < 1.29 is 4.79 Å². The number of rotatable bonds is 17. The van der Waals surface area contributed by atoms with Crippen molar-refractivity contribution >= 4 is 5.91 Å². The van der Waals surface area contributed by atoms with Gasteiger partial charge in [0.25, 0.3) is 0 Å². The minimum Gasteiger partial charge on any atom is -0.354 e. The maximum atomic E-state index is 12.1. The molecular formula is C27H46N4O. The lowest BCUT2D eigenvalue weighted by molar-refractivity contribution is -0.121. The summed E-state index contributed by atoms with van der Waals surface area (Å²) in [5, 5.41) is 6.40. The van der Waals surface area contributed by atoms with Crippen LogP contribution >= 0.6 is 0 Å². The van der Waals surface area contributed by atoms with E-state index in [1.165, 1.54) is 0 Å². The fraction of sp³-hybridized carbons (Fsp3) is 0.593. The van der Waals surface area contributed by atoms with E-state index in [-0.39, 0.29) is 11.9 Å². The third-order valence-electron chi connectivity index (χ3n) is 5.41. The van der Waals surface area contributed by atoms with Crippen LogP contribution in [0.3, 0.4) is 0 Å². The highest BCUT2D eigenvalue weighted by atomic mass is 16.1. The average molecular weight is 443 g/mol. The fourth-order valence-corrected chi connectivity index (χ4v) is 3.48. The standard InChI is InChI=1S/C27H46N4O/c1-2-3-4-5-6-7-8-9-10-11-12-13-14-15-16-17-18-19-27(32)30-25-26(24-28)31-22-20-29-21-23-31/h3-4,6-7,9-10,12-13,15-16,26,29H,2,5,8,11,14,17-25,28H2,1H3,(H,30,32). The van der Waals surface area contributed by atoms with Crippen molar-refractivity contribution in [1.29, 1.82) is 0 Å². The van der Waals surface area contributed by atoms with Gasteiger partial charge >= 0.3 is 0 Å². The molecule has 0 aromatic rings. The molecule has 0 bridgehead atoms. The summed E-state index contributed by atoms with van der Waals surface area (Å²) in [5.74, 6) is 0.130. The van der Waals surface area contributed by atoms with E-state index in [1.807, 2.05) is 0 Å². The first-order valence-corrected chi connectivity index (χ1v) is 12.4. The van der Waals surface area contributed by atoms with Gasteiger partial charge in [0.05, 0.1) is 0 Å². The van der Waals surface area contributed by atoms with Gasteiger partial charge in [-0.2, -0.15) is 0 Å². The second-order valence-corrected chi connectivity index (χ2v) is 8.08. The molecule has 1 atom stereocenters. The van der Waals surface area contributed by atoms with Crippen LogP contribution in [-0.4, -0.2) is 56.1 Å². The molecule has 1 aliphatic heterocycles. The van der Waals surface area contributed by atoms with Gasteiger partial charge in [-0.1, -0.05) is 67.7 Å². The summed E-state index contributed by atoms with van der Waals surface area (Å²) in [5.41, 5.74) is 5.90. The number of nitrogens with one attached hydrogen (secondary N) is 2. The lowest BCUT2D eigenvalue weighted by Gasteiger charge is -2.34. The second kappa shape index (κ2) is 20.9. The first-order valence-electron chi connectivity index (χ1n) is 12.4. The Balaban J connectivity index is 1.99. The molecule has 1 fully saturated rings. The van der Waals surface area contributed by atoms with Crippen molar-refractivity contribution in [1.82, 2.24) is 15.5 Å². The first kappa shape index (κ1) is 28.1. The van der Waals surface area contributed by atoms with Gasteiger partial charge in [-0.05, 0) is 44.9 Å². The first-order chi connectivity index (χ1) is 15.8. The highest BCUT2D eigenvalue weighted by Crippen LogP contribution is 2.02. The number of hydrogen-bond acceptors (Lipinski definition) is 4. The zero-order valence-electron chi connectivity index (χ0n) is 20.2. The number of nitrogens with two attached hydrogens (primary N) is 1. The largest absolute Gasteiger partial charge is 0.354 e. The van der Waals surface area contributed by atoms with E-state index in [0.29, 0.717) is 19.5 Å². The van der Waals surface area contributed by atoms with E-state index in [0.717, 1.165) is 71.1 Å². The van der Waals surface area contributed by atoms with Crippen molar-refractivity contribution in [3.8, 4) is 0 Å². The summed E-state index contributed by atoms with van der Waals surface area (Å²) < 4.78 is 0. The van der Waals surface area contributed by atoms with E-state index < -0.39 is 0 Å². The molecular weight excluding hydrogens is 396 g/mol. The van der Waals surface area contributed by atoms with E-state index in [9.17, 15) is 4.79 Å². The van der Waals surface area contributed by atoms with Crippen molar-refractivity contribution in [3.05, 3.63) is 60.8 Å². The van der Waals surface area contributed by atoms with Gasteiger partial charge in [0.1, 0.15) is 0 Å². The number of nitrogens with zero attached hydrogens (tertiary/aromatic N) is 1. The zero-order chi connectivity index (χ0) is 23.1. The molecule has 0 aromatic heterocycles. The summed E-state index contributed by atoms with van der Waals surface area (Å²) in [6, 6.07) is 0.243. The molecule has 5 heteroatoms. The summed E-state index contributed by atoms with van der Waals surface area (Å²) >= 11 is 0. The van der Waals surface area contributed by atoms with Gasteiger partial charge in [0, 0.05) is 51.7 Å². The minimum absolute atomic E-state index is 0.130. The Morgan fingerprint density at radius 2 is 1.44 bits per heavy atom. The Kier molecular flexibility index (Phi) is 18.4. The molecule has 1 aliphatic rings. The number of piperazine rings is 1.